The molecule has 2 aromatic rings. The molecular formula is C26H32N2O4S. The Morgan fingerprint density at radius 1 is 0.909 bits per heavy atom. The Morgan fingerprint density at radius 3 is 2.03 bits per heavy atom. The zero-order valence-electron chi connectivity index (χ0n) is 19.3. The van der Waals surface area contributed by atoms with Gasteiger partial charge in [0.05, 0.1) is 6.04 Å². The molecule has 7 heteroatoms. The summed E-state index contributed by atoms with van der Waals surface area (Å²) in [6.45, 7) is 2.89. The monoisotopic (exact) mass is 468 g/mol. The predicted octanol–water partition coefficient (Wildman–Crippen LogP) is 4.53. The van der Waals surface area contributed by atoms with E-state index < -0.39 is 6.04 Å². The van der Waals surface area contributed by atoms with Gasteiger partial charge in [-0.2, -0.15) is 0 Å². The van der Waals surface area contributed by atoms with E-state index in [1.54, 1.807) is 16.9 Å². The van der Waals surface area contributed by atoms with Crippen molar-refractivity contribution in [3.63, 3.8) is 0 Å². The van der Waals surface area contributed by atoms with Crippen LogP contribution in [0.4, 0.5) is 4.79 Å². The first-order valence-electron chi connectivity index (χ1n) is 11.3. The lowest BCUT2D eigenvalue weighted by atomic mass is 9.99. The molecule has 0 unspecified atom stereocenters. The van der Waals surface area contributed by atoms with Gasteiger partial charge in [-0.05, 0) is 24.0 Å². The van der Waals surface area contributed by atoms with Gasteiger partial charge in [0.2, 0.25) is 0 Å². The Kier molecular flexibility index (Phi) is 9.51. The Labute approximate surface area is 200 Å². The summed E-state index contributed by atoms with van der Waals surface area (Å²) in [4.78, 5) is 42.4. The largest absolute Gasteiger partial charge is 0.385 e. The Bertz CT molecular complexity index is 922. The standard InChI is InChI=1S/C26H32N2O4S/c1-20(29)33-19-23-25(24(30)15-9-10-16-32-2)28(18-22-13-7-4-8-14-22)26(31)27(23)17-21-11-5-3-6-12-21/h3-8,11-14,23,25H,9-10,15-19H2,1-2H3/t23-,25+/m0/s1. The highest BCUT2D eigenvalue weighted by molar-refractivity contribution is 8.13. The number of carbonyl (C=O) groups is 3. The third kappa shape index (κ3) is 6.92. The van der Waals surface area contributed by atoms with Crippen LogP contribution in [0.25, 0.3) is 0 Å². The summed E-state index contributed by atoms with van der Waals surface area (Å²) < 4.78 is 5.11. The Morgan fingerprint density at radius 2 is 1.48 bits per heavy atom. The molecule has 0 N–H and O–H groups in total. The molecule has 1 fully saturated rings. The lowest BCUT2D eigenvalue weighted by Crippen LogP contribution is -2.44. The minimum Gasteiger partial charge on any atom is -0.385 e. The summed E-state index contributed by atoms with van der Waals surface area (Å²) in [5.41, 5.74) is 1.97. The van der Waals surface area contributed by atoms with E-state index in [0.717, 1.165) is 17.5 Å². The Hall–Kier alpha value is -2.64. The molecule has 0 bridgehead atoms. The number of Topliss-reactive ketones (excluding diaryl/α,β-unsaturated/α-hetero) is 1. The molecule has 1 saturated heterocycles. The fraction of sp³-hybridized carbons (Fsp3) is 0.423. The molecule has 2 aromatic carbocycles. The molecular weight excluding hydrogens is 436 g/mol. The van der Waals surface area contributed by atoms with Crippen LogP contribution in [0.2, 0.25) is 0 Å². The molecule has 6 nitrogen and oxygen atoms in total. The number of amides is 2. The maximum Gasteiger partial charge on any atom is 0.321 e. The van der Waals surface area contributed by atoms with Gasteiger partial charge in [-0.15, -0.1) is 0 Å². The van der Waals surface area contributed by atoms with Gasteiger partial charge >= 0.3 is 6.03 Å². The second-order valence-electron chi connectivity index (χ2n) is 8.24. The summed E-state index contributed by atoms with van der Waals surface area (Å²) in [5, 5.41) is -0.0186. The molecule has 1 aliphatic rings. The molecule has 1 heterocycles. The third-order valence-corrected chi connectivity index (χ3v) is 6.71. The van der Waals surface area contributed by atoms with Gasteiger partial charge in [-0.1, -0.05) is 72.4 Å². The second kappa shape index (κ2) is 12.6. The van der Waals surface area contributed by atoms with E-state index in [4.69, 9.17) is 4.74 Å². The lowest BCUT2D eigenvalue weighted by Gasteiger charge is -2.27. The van der Waals surface area contributed by atoms with Crippen LogP contribution in [-0.2, 0) is 27.4 Å². The summed E-state index contributed by atoms with van der Waals surface area (Å²) in [6, 6.07) is 18.4. The van der Waals surface area contributed by atoms with Crippen molar-refractivity contribution in [3.8, 4) is 0 Å². The quantitative estimate of drug-likeness (QED) is 0.428. The molecule has 0 radical (unpaired) electrons. The van der Waals surface area contributed by atoms with E-state index >= 15 is 0 Å². The molecule has 2 atom stereocenters. The van der Waals surface area contributed by atoms with E-state index in [1.807, 2.05) is 60.7 Å². The summed E-state index contributed by atoms with van der Waals surface area (Å²) >= 11 is 1.17. The minimum atomic E-state index is -0.587. The molecule has 2 amide bonds. The molecule has 0 aliphatic carbocycles. The third-order valence-electron chi connectivity index (χ3n) is 5.79. The van der Waals surface area contributed by atoms with Crippen molar-refractivity contribution in [2.45, 2.75) is 51.4 Å². The number of rotatable bonds is 12. The number of benzene rings is 2. The number of hydrogen-bond donors (Lipinski definition) is 0. The highest BCUT2D eigenvalue weighted by atomic mass is 32.2. The van der Waals surface area contributed by atoms with Crippen molar-refractivity contribution >= 4 is 28.7 Å². The van der Waals surface area contributed by atoms with Crippen LogP contribution >= 0.6 is 11.8 Å². The van der Waals surface area contributed by atoms with Crippen molar-refractivity contribution in [3.05, 3.63) is 71.8 Å². The first kappa shape index (κ1) is 25.0. The fourth-order valence-electron chi connectivity index (χ4n) is 4.18. The second-order valence-corrected chi connectivity index (χ2v) is 9.44. The van der Waals surface area contributed by atoms with Crippen LogP contribution in [0.5, 0.6) is 0 Å². The average Bonchev–Trinajstić information content (AvgIpc) is 3.07. The highest BCUT2D eigenvalue weighted by Crippen LogP contribution is 2.31. The number of nitrogens with zero attached hydrogens (tertiary/aromatic N) is 2. The van der Waals surface area contributed by atoms with Crippen molar-refractivity contribution in [2.24, 2.45) is 0 Å². The Balaban J connectivity index is 1.90. The average molecular weight is 469 g/mol. The van der Waals surface area contributed by atoms with E-state index in [2.05, 4.69) is 0 Å². The number of hydrogen-bond acceptors (Lipinski definition) is 5. The number of carbonyl (C=O) groups excluding carboxylic acids is 3. The lowest BCUT2D eigenvalue weighted by molar-refractivity contribution is -0.123. The number of urea groups is 1. The SMILES string of the molecule is COCCCCC(=O)[C@H]1[C@H](CSC(C)=O)N(Cc2ccccc2)C(=O)N1Cc1ccccc1. The summed E-state index contributed by atoms with van der Waals surface area (Å²) in [7, 11) is 1.65. The summed E-state index contributed by atoms with van der Waals surface area (Å²) in [5.74, 6) is 0.438. The van der Waals surface area contributed by atoms with Crippen LogP contribution in [0.1, 0.15) is 37.3 Å². The summed E-state index contributed by atoms with van der Waals surface area (Å²) in [6.07, 6.45) is 1.89. The smallest absolute Gasteiger partial charge is 0.321 e. The van der Waals surface area contributed by atoms with Gasteiger partial charge in [0.25, 0.3) is 0 Å². The van der Waals surface area contributed by atoms with Crippen molar-refractivity contribution in [1.29, 1.82) is 0 Å². The van der Waals surface area contributed by atoms with Crippen LogP contribution < -0.4 is 0 Å². The normalized spacial score (nSPS) is 18.1. The fourth-order valence-corrected chi connectivity index (χ4v) is 4.95. The molecule has 33 heavy (non-hydrogen) atoms. The molecule has 0 saturated carbocycles. The zero-order chi connectivity index (χ0) is 23.6. The minimum absolute atomic E-state index is 0.0186. The van der Waals surface area contributed by atoms with Crippen LogP contribution in [0.15, 0.2) is 60.7 Å². The maximum atomic E-state index is 13.6. The predicted molar refractivity (Wildman–Crippen MR) is 131 cm³/mol. The maximum absolute atomic E-state index is 13.6. The zero-order valence-corrected chi connectivity index (χ0v) is 20.1. The van der Waals surface area contributed by atoms with E-state index in [0.29, 0.717) is 38.3 Å². The van der Waals surface area contributed by atoms with Crippen molar-refractivity contribution in [1.82, 2.24) is 9.80 Å². The molecule has 176 valence electrons. The van der Waals surface area contributed by atoms with Gasteiger partial charge in [0, 0.05) is 45.9 Å². The first-order valence-corrected chi connectivity index (χ1v) is 12.3. The van der Waals surface area contributed by atoms with Crippen molar-refractivity contribution < 1.29 is 19.1 Å². The highest BCUT2D eigenvalue weighted by Gasteiger charge is 2.48. The number of thioether (sulfide) groups is 1. The van der Waals surface area contributed by atoms with Crippen LogP contribution in [0.3, 0.4) is 0 Å². The number of ketones is 1. The molecule has 0 spiro atoms. The van der Waals surface area contributed by atoms with Crippen LogP contribution in [-0.4, -0.2) is 58.3 Å². The molecule has 1 aliphatic heterocycles. The number of methoxy groups -OCH3 is 1. The van der Waals surface area contributed by atoms with Gasteiger partial charge in [0.15, 0.2) is 10.9 Å². The topological polar surface area (TPSA) is 66.9 Å². The van der Waals surface area contributed by atoms with Crippen LogP contribution in [0, 0.1) is 0 Å². The van der Waals surface area contributed by atoms with Gasteiger partial charge in [-0.25, -0.2) is 4.79 Å². The van der Waals surface area contributed by atoms with Gasteiger partial charge in [-0.3, -0.25) is 9.59 Å². The number of ether oxygens (including phenoxy) is 1. The van der Waals surface area contributed by atoms with E-state index in [-0.39, 0.29) is 23.0 Å². The molecule has 0 aromatic heterocycles. The van der Waals surface area contributed by atoms with Gasteiger partial charge < -0.3 is 14.5 Å². The first-order chi connectivity index (χ1) is 16.0. The van der Waals surface area contributed by atoms with Gasteiger partial charge in [0.1, 0.15) is 6.04 Å². The van der Waals surface area contributed by atoms with Crippen molar-refractivity contribution in [2.75, 3.05) is 19.5 Å². The van der Waals surface area contributed by atoms with E-state index in [9.17, 15) is 14.4 Å². The van der Waals surface area contributed by atoms with E-state index in [1.165, 1.54) is 18.7 Å². The molecule has 3 rings (SSSR count). The number of unbranched alkanes of at least 4 members (excludes halogenated alkanes) is 1.